The number of rotatable bonds is 17. The Hall–Kier alpha value is -13.2. The first-order valence-corrected chi connectivity index (χ1v) is 54.7. The van der Waals surface area contributed by atoms with E-state index in [-0.39, 0.29) is 81.8 Å². The molecule has 0 saturated carbocycles. The fourth-order valence-corrected chi connectivity index (χ4v) is 16.5. The third-order valence-electron chi connectivity index (χ3n) is 24.3. The average molecular weight is 2120 g/mol. The van der Waals surface area contributed by atoms with Gasteiger partial charge in [0.15, 0.2) is 17.4 Å². The zero-order chi connectivity index (χ0) is 106. The first-order valence-electron chi connectivity index (χ1n) is 48.1. The first-order chi connectivity index (χ1) is 67.3. The van der Waals surface area contributed by atoms with Crippen molar-refractivity contribution >= 4 is 120 Å². The summed E-state index contributed by atoms with van der Waals surface area (Å²) in [5.74, 6) is -9.89. The van der Waals surface area contributed by atoms with Crippen LogP contribution < -0.4 is 51.4 Å². The van der Waals surface area contributed by atoms with E-state index >= 15 is 37.5 Å². The highest BCUT2D eigenvalue weighted by Gasteiger charge is 2.50. The third kappa shape index (κ3) is 30.9. The van der Waals surface area contributed by atoms with Crippen LogP contribution in [0.1, 0.15) is 182 Å². The third-order valence-corrected chi connectivity index (χ3v) is 24.3. The molecule has 12 atom stereocenters. The molecule has 0 aliphatic carbocycles. The number of ether oxygens (including phenoxy) is 6. The Kier molecular flexibility index (Phi) is 36.0. The van der Waals surface area contributed by atoms with Gasteiger partial charge in [-0.3, -0.25) is 53.0 Å². The van der Waals surface area contributed by atoms with E-state index in [4.69, 9.17) is 28.4 Å². The number of nitrogens with zero attached hydrogens (tertiary/aromatic N) is 10. The van der Waals surface area contributed by atoms with Crippen LogP contribution in [0.2, 0.25) is 19.6 Å². The van der Waals surface area contributed by atoms with Crippen molar-refractivity contribution in [2.45, 2.75) is 285 Å². The van der Waals surface area contributed by atoms with Crippen molar-refractivity contribution in [3.05, 3.63) is 209 Å². The van der Waals surface area contributed by atoms with E-state index in [0.29, 0.717) is 33.7 Å². The summed E-state index contributed by atoms with van der Waals surface area (Å²) in [6.07, 6.45) is 0.561. The number of halogens is 3. The molecule has 9 aromatic rings. The summed E-state index contributed by atoms with van der Waals surface area (Å²) in [6.45, 7) is 34.1. The van der Waals surface area contributed by atoms with Gasteiger partial charge in [0, 0.05) is 72.3 Å². The van der Waals surface area contributed by atoms with E-state index in [1.807, 2.05) is 78.9 Å². The summed E-state index contributed by atoms with van der Waals surface area (Å²) in [6, 6.07) is 25.8. The zero-order valence-electron chi connectivity index (χ0n) is 86.2. The molecule has 11 amide bonds. The van der Waals surface area contributed by atoms with E-state index in [0.717, 1.165) is 50.6 Å². The standard InChI is InChI=1S/C102H127F2N17O18.C3H9ISi/c1-58(116(18)96(132)138-101(12,13)14)86(122)110-84(98(3,4)5)93(129)118-54-71-49-81(118)91(127)107-78(47-62-29-35-65-25-21-23-27-67(65)41-62)89(125)106-77(88(124)105-51-64-43-75(103)83(134-20)76(104)44-64)45-60-31-37-73(38-32-60)135-56-69-52-121(114-112-69)72-50-82(119(55-72)94(130)85(99(6,7)8)111-87(123)59(2)117(19)97(133)139-102(15,16)17)92(128)108-79(48-63-30-36-66-26-22-24-28-68(66)42-63)90(126)109-80(95(131)137-100(9,10)11)46-61-33-39-74(40-34-61)136-57-70-53-120(71)115-113-70;1-5(2,3)4/h21-44,52-53,58-59,71-72,77-82,84-85H,45-51,54-57H2,1-20H3,(H,105,124)(H,106,125)(H,107,127)(H,108,128)(H,109,126)(H,110,122)(H,111,123);1-3H3/t58-,59-,71-,72-,77-,78-,79-,80-,81-,82-,84+,85+;/m0./s1. The van der Waals surface area contributed by atoms with Crippen LogP contribution in [0, 0.1) is 22.5 Å². The molecule has 0 radical (unpaired) electrons. The molecule has 7 aromatic carbocycles. The lowest BCUT2D eigenvalue weighted by molar-refractivity contribution is -0.158. The SMILES string of the molecule is COc1c(F)cc(CNC(=O)[C@@H]2Cc3ccc(cc3)OCc3cn(nn3)[C@H]3C[C@@H](C(=O)N[C@@H](Cc4ccc5ccccc5c4)C(=O)N[C@H](C(=O)OC(C)(C)C)Cc4ccc(cc4)OCc4cn(nn4)[C@H]4C[C@@H](C(=O)N[C@@H](Cc5ccc6ccccc6c5)C(=O)N2)N(C(=O)[C@@H](NC(=O)[C@H](C)N(C)C(=O)OC(C)(C)C)C(C)(C)C)C4)N(C(=O)[C@@H](NC(=O)[C@H](C)N(C)C(=O)OC(C)(C)C)C(C)(C)C)C3)cc1F.C[Si](C)(C)I. The molecule has 2 fully saturated rings. The summed E-state index contributed by atoms with van der Waals surface area (Å²) in [5, 5.41) is 41.5. The predicted octanol–water partition coefficient (Wildman–Crippen LogP) is 12.6. The molecule has 7 N–H and O–H groups in total. The second kappa shape index (κ2) is 46.7. The fourth-order valence-electron chi connectivity index (χ4n) is 16.5. The van der Waals surface area contributed by atoms with Crippen molar-refractivity contribution in [3.8, 4) is 17.2 Å². The highest BCUT2D eigenvalue weighted by Crippen LogP contribution is 2.36. The van der Waals surface area contributed by atoms with Crippen LogP contribution in [0.5, 0.6) is 17.2 Å². The minimum atomic E-state index is -1.53. The molecule has 39 heteroatoms. The Morgan fingerprint density at radius 1 is 0.500 bits per heavy atom. The molecule has 144 heavy (non-hydrogen) atoms. The van der Waals surface area contributed by atoms with Crippen molar-refractivity contribution < 1.29 is 94.7 Å². The Morgan fingerprint density at radius 2 is 0.868 bits per heavy atom. The fraction of sp³-hybridized carbons (Fsp3) is 0.486. The van der Waals surface area contributed by atoms with Crippen molar-refractivity contribution in [1.82, 2.24) is 86.8 Å². The predicted molar refractivity (Wildman–Crippen MR) is 548 cm³/mol. The molecule has 2 saturated heterocycles. The number of esters is 1. The molecule has 12 bridgehead atoms. The Morgan fingerprint density at radius 3 is 1.24 bits per heavy atom. The quantitative estimate of drug-likeness (QED) is 0.0146. The van der Waals surface area contributed by atoms with Gasteiger partial charge < -0.3 is 75.4 Å². The molecular weight excluding hydrogens is 1980 g/mol. The van der Waals surface area contributed by atoms with Gasteiger partial charge in [0.25, 0.3) is 0 Å². The minimum absolute atomic E-state index is 0.00139. The number of nitrogens with one attached hydrogen (secondary N) is 7. The van der Waals surface area contributed by atoms with Crippen molar-refractivity contribution in [3.63, 3.8) is 0 Å². The maximum atomic E-state index is 15.9. The highest BCUT2D eigenvalue weighted by molar-refractivity contribution is 14.1. The number of amides is 11. The molecule has 8 heterocycles. The summed E-state index contributed by atoms with van der Waals surface area (Å²) in [4.78, 5) is 185. The lowest BCUT2D eigenvalue weighted by Crippen LogP contribution is -2.61. The Bertz CT molecular complexity index is 6120. The van der Waals surface area contributed by atoms with Gasteiger partial charge in [0.2, 0.25) is 53.2 Å². The van der Waals surface area contributed by atoms with Crippen molar-refractivity contribution in [1.29, 1.82) is 0 Å². The summed E-state index contributed by atoms with van der Waals surface area (Å²) in [7, 11) is 3.88. The Labute approximate surface area is 852 Å². The minimum Gasteiger partial charge on any atom is -0.491 e. The molecule has 0 unspecified atom stereocenters. The summed E-state index contributed by atoms with van der Waals surface area (Å²) in [5.41, 5.74) is -2.96. The maximum absolute atomic E-state index is 15.9. The number of likely N-dealkylation sites (tertiary alicyclic amines) is 2. The number of carbonyl (C=O) groups excluding carboxylic acids is 12. The van der Waals surface area contributed by atoms with E-state index in [1.54, 1.807) is 171 Å². The number of fused-ring (bicyclic) bond motifs is 2. The number of aromatic nitrogens is 6. The van der Waals surface area contributed by atoms with Gasteiger partial charge in [0.05, 0.1) is 31.6 Å². The Balaban J connectivity index is 0.00000385. The van der Waals surface area contributed by atoms with Gasteiger partial charge in [-0.25, -0.2) is 32.5 Å². The molecule has 2 aromatic heterocycles. The largest absolute Gasteiger partial charge is 0.491 e. The maximum Gasteiger partial charge on any atom is 0.410 e. The smallest absolute Gasteiger partial charge is 0.410 e. The highest BCUT2D eigenvalue weighted by atomic mass is 127. The number of hydrogen-bond acceptors (Lipinski definition) is 22. The van der Waals surface area contributed by atoms with Gasteiger partial charge in [-0.05, 0) is 173 Å². The van der Waals surface area contributed by atoms with Crippen molar-refractivity contribution in [2.75, 3.05) is 34.3 Å². The molecule has 35 nitrogen and oxygen atoms in total. The van der Waals surface area contributed by atoms with E-state index in [9.17, 15) is 28.8 Å². The van der Waals surface area contributed by atoms with E-state index in [1.165, 1.54) is 47.1 Å². The van der Waals surface area contributed by atoms with E-state index in [2.05, 4.69) is 99.3 Å². The van der Waals surface area contributed by atoms with Crippen LogP contribution in [0.15, 0.2) is 158 Å². The second-order valence-corrected chi connectivity index (χ2v) is 56.9. The van der Waals surface area contributed by atoms with Gasteiger partial charge in [-0.2, -0.15) is 0 Å². The summed E-state index contributed by atoms with van der Waals surface area (Å²) < 4.78 is 68.3. The van der Waals surface area contributed by atoms with Gasteiger partial charge >= 0.3 is 18.2 Å². The van der Waals surface area contributed by atoms with Crippen LogP contribution >= 0.6 is 21.8 Å². The molecule has 774 valence electrons. The number of carbonyl (C=O) groups is 12. The van der Waals surface area contributed by atoms with Crippen molar-refractivity contribution in [2.24, 2.45) is 10.8 Å². The lowest BCUT2D eigenvalue weighted by Gasteiger charge is -2.37. The number of methoxy groups -OCH3 is 1. The second-order valence-electron chi connectivity index (χ2n) is 43.0. The summed E-state index contributed by atoms with van der Waals surface area (Å²) >= 11 is 2.52. The van der Waals surface area contributed by atoms with Crippen LogP contribution in [-0.2, 0) is 108 Å². The normalized spacial score (nSPS) is 19.5. The van der Waals surface area contributed by atoms with Crippen LogP contribution in [0.3, 0.4) is 0 Å². The molecule has 6 aliphatic rings. The van der Waals surface area contributed by atoms with E-state index < -0.39 is 201 Å². The molecular formula is C105H136F2IN17O18Si. The van der Waals surface area contributed by atoms with Crippen LogP contribution in [-0.4, -0.2) is 238 Å². The van der Waals surface area contributed by atoms with Gasteiger partial charge in [-0.1, -0.05) is 181 Å². The monoisotopic (exact) mass is 2120 g/mol. The molecule has 6 aliphatic heterocycles. The lowest BCUT2D eigenvalue weighted by atomic mass is 9.85. The first kappa shape index (κ1) is 111. The zero-order valence-corrected chi connectivity index (χ0v) is 89.3. The average Bonchev–Trinajstić information content (AvgIpc) is 1.63. The van der Waals surface area contributed by atoms with Crippen LogP contribution in [0.4, 0.5) is 18.4 Å². The molecule has 15 rings (SSSR count). The van der Waals surface area contributed by atoms with Gasteiger partial charge in [-0.15, -0.1) is 32.0 Å². The topological polar surface area (TPSA) is 419 Å². The number of likely N-dealkylation sites (N-methyl/N-ethyl adjacent to an activating group) is 2. The van der Waals surface area contributed by atoms with Gasteiger partial charge in [0.1, 0.15) is 119 Å². The number of hydrogen-bond donors (Lipinski definition) is 7. The molecule has 0 spiro atoms. The number of benzene rings is 7. The van der Waals surface area contributed by atoms with Crippen LogP contribution in [0.25, 0.3) is 21.5 Å².